The van der Waals surface area contributed by atoms with Gasteiger partial charge >= 0.3 is 0 Å². The van der Waals surface area contributed by atoms with Gasteiger partial charge in [0.15, 0.2) is 0 Å². The summed E-state index contributed by atoms with van der Waals surface area (Å²) < 4.78 is 14.4. The van der Waals surface area contributed by atoms with E-state index in [9.17, 15) is 4.57 Å². The lowest BCUT2D eigenvalue weighted by Crippen LogP contribution is -1.66. The van der Waals surface area contributed by atoms with Gasteiger partial charge in [0.1, 0.15) is 0 Å². The lowest BCUT2D eigenvalue weighted by atomic mass is 11.8. The van der Waals surface area contributed by atoms with Gasteiger partial charge in [-0.25, -0.2) is 0 Å². The molecule has 4 heteroatoms. The molecule has 1 unspecified atom stereocenters. The molecule has 0 bridgehead atoms. The van der Waals surface area contributed by atoms with Crippen molar-refractivity contribution in [1.82, 2.24) is 0 Å². The summed E-state index contributed by atoms with van der Waals surface area (Å²) in [4.78, 5) is 0. The van der Waals surface area contributed by atoms with Crippen LogP contribution in [0.25, 0.3) is 0 Å². The van der Waals surface area contributed by atoms with Crippen LogP contribution in [-0.4, -0.2) is 13.8 Å². The number of hydrogen-bond acceptors (Lipinski definition) is 2. The van der Waals surface area contributed by atoms with E-state index in [1.807, 2.05) is 0 Å². The van der Waals surface area contributed by atoms with Gasteiger partial charge in [-0.05, 0) is 11.2 Å². The zero-order chi connectivity index (χ0) is 5.21. The van der Waals surface area contributed by atoms with Crippen LogP contribution in [0.15, 0.2) is 0 Å². The predicted octanol–water partition coefficient (Wildman–Crippen LogP) is 1.69. The highest BCUT2D eigenvalue weighted by molar-refractivity contribution is 7.84. The van der Waals surface area contributed by atoms with Crippen molar-refractivity contribution in [2.24, 2.45) is 0 Å². The maximum absolute atomic E-state index is 10.1. The Hall–Kier alpha value is 0.480. The molecule has 0 aliphatic heterocycles. The molecule has 0 spiro atoms. The lowest BCUT2D eigenvalue weighted by molar-refractivity contribution is 0.413. The molecule has 0 saturated heterocycles. The van der Waals surface area contributed by atoms with Crippen LogP contribution in [-0.2, 0) is 9.09 Å². The summed E-state index contributed by atoms with van der Waals surface area (Å²) in [7, 11) is 1.31. The van der Waals surface area contributed by atoms with Gasteiger partial charge < -0.3 is 4.52 Å². The summed E-state index contributed by atoms with van der Waals surface area (Å²) in [6.45, 7) is -1.33. The molecule has 0 rings (SSSR count). The molecule has 0 saturated carbocycles. The van der Waals surface area contributed by atoms with Gasteiger partial charge in [-0.15, -0.1) is 0 Å². The molecule has 0 fully saturated rings. The Morgan fingerprint density at radius 2 is 2.00 bits per heavy atom. The SMILES string of the molecule is COP(C)(=O)Cl. The number of rotatable bonds is 1. The fourth-order valence-corrected chi connectivity index (χ4v) is 0. The van der Waals surface area contributed by atoms with E-state index in [1.54, 1.807) is 0 Å². The Balaban J connectivity index is 3.48. The zero-order valence-corrected chi connectivity index (χ0v) is 5.29. The van der Waals surface area contributed by atoms with E-state index < -0.39 is 6.72 Å². The summed E-state index contributed by atoms with van der Waals surface area (Å²) >= 11 is 5.05. The molecule has 0 N–H and O–H groups in total. The second-order valence-corrected chi connectivity index (χ2v) is 4.63. The first-order valence-corrected chi connectivity index (χ1v) is 4.37. The molecule has 0 aromatic carbocycles. The standard InChI is InChI=1S/C2H6ClO2P/c1-5-6(2,3)4/h1-2H3. The quantitative estimate of drug-likeness (QED) is 0.503. The normalized spacial score (nSPS) is 19.8. The van der Waals surface area contributed by atoms with Gasteiger partial charge in [0.05, 0.1) is 0 Å². The smallest absolute Gasteiger partial charge is 0.286 e. The molecular weight excluding hydrogens is 122 g/mol. The van der Waals surface area contributed by atoms with E-state index in [4.69, 9.17) is 11.2 Å². The monoisotopic (exact) mass is 128 g/mol. The molecular formula is C2H6ClO2P. The van der Waals surface area contributed by atoms with E-state index >= 15 is 0 Å². The van der Waals surface area contributed by atoms with Crippen LogP contribution < -0.4 is 0 Å². The van der Waals surface area contributed by atoms with Crippen molar-refractivity contribution in [3.8, 4) is 0 Å². The highest BCUT2D eigenvalue weighted by atomic mass is 35.7. The van der Waals surface area contributed by atoms with Crippen molar-refractivity contribution in [2.75, 3.05) is 13.8 Å². The molecule has 0 heterocycles. The Kier molecular flexibility index (Phi) is 2.12. The van der Waals surface area contributed by atoms with E-state index in [0.717, 1.165) is 0 Å². The van der Waals surface area contributed by atoms with Crippen LogP contribution in [0.3, 0.4) is 0 Å². The molecule has 0 aromatic rings. The van der Waals surface area contributed by atoms with E-state index in [2.05, 4.69) is 4.52 Å². The van der Waals surface area contributed by atoms with E-state index in [-0.39, 0.29) is 0 Å². The lowest BCUT2D eigenvalue weighted by Gasteiger charge is -1.94. The van der Waals surface area contributed by atoms with Crippen LogP contribution in [0, 0.1) is 0 Å². The molecule has 0 radical (unpaired) electrons. The molecule has 0 aliphatic carbocycles. The first-order chi connectivity index (χ1) is 2.56. The summed E-state index contributed by atoms with van der Waals surface area (Å²) in [5.74, 6) is 0. The van der Waals surface area contributed by atoms with E-state index in [0.29, 0.717) is 0 Å². The van der Waals surface area contributed by atoms with Crippen molar-refractivity contribution in [3.63, 3.8) is 0 Å². The van der Waals surface area contributed by atoms with Crippen LogP contribution in [0.1, 0.15) is 0 Å². The van der Waals surface area contributed by atoms with Crippen molar-refractivity contribution in [3.05, 3.63) is 0 Å². The van der Waals surface area contributed by atoms with Crippen molar-refractivity contribution >= 4 is 18.0 Å². The second kappa shape index (κ2) is 1.97. The Bertz CT molecular complexity index is 75.6. The average Bonchev–Trinajstić information content (AvgIpc) is 1.35. The number of halogens is 1. The Morgan fingerprint density at radius 3 is 2.00 bits per heavy atom. The van der Waals surface area contributed by atoms with Gasteiger partial charge in [-0.3, -0.25) is 4.57 Å². The number of hydrogen-bond donors (Lipinski definition) is 0. The average molecular weight is 128 g/mol. The third-order valence-corrected chi connectivity index (χ3v) is 1.39. The van der Waals surface area contributed by atoms with Crippen LogP contribution >= 0.6 is 18.0 Å². The van der Waals surface area contributed by atoms with Crippen molar-refractivity contribution in [2.45, 2.75) is 0 Å². The van der Waals surface area contributed by atoms with Gasteiger partial charge in [-0.2, -0.15) is 0 Å². The molecule has 0 aliphatic rings. The highest BCUT2D eigenvalue weighted by Gasteiger charge is 2.03. The van der Waals surface area contributed by atoms with Gasteiger partial charge in [-0.1, -0.05) is 0 Å². The first kappa shape index (κ1) is 6.48. The predicted molar refractivity (Wildman–Crippen MR) is 26.4 cm³/mol. The fourth-order valence-electron chi connectivity index (χ4n) is 0. The third-order valence-electron chi connectivity index (χ3n) is 0.326. The molecule has 0 amide bonds. The maximum Gasteiger partial charge on any atom is 0.286 e. The van der Waals surface area contributed by atoms with Gasteiger partial charge in [0, 0.05) is 13.8 Å². The first-order valence-electron chi connectivity index (χ1n) is 1.39. The van der Waals surface area contributed by atoms with Gasteiger partial charge in [0.25, 0.3) is 6.72 Å². The Labute approximate surface area is 41.7 Å². The molecule has 1 atom stereocenters. The van der Waals surface area contributed by atoms with Crippen LogP contribution in [0.5, 0.6) is 0 Å². The minimum Gasteiger partial charge on any atom is -0.321 e. The molecule has 6 heavy (non-hydrogen) atoms. The highest BCUT2D eigenvalue weighted by Crippen LogP contribution is 2.46. The largest absolute Gasteiger partial charge is 0.321 e. The minimum atomic E-state index is -2.67. The summed E-state index contributed by atoms with van der Waals surface area (Å²) in [6, 6.07) is 0. The second-order valence-electron chi connectivity index (χ2n) is 0.929. The van der Waals surface area contributed by atoms with E-state index in [1.165, 1.54) is 13.8 Å². The summed E-state index contributed by atoms with van der Waals surface area (Å²) in [6.07, 6.45) is 0. The van der Waals surface area contributed by atoms with Crippen LogP contribution in [0.4, 0.5) is 0 Å². The van der Waals surface area contributed by atoms with Crippen molar-refractivity contribution in [1.29, 1.82) is 0 Å². The molecule has 0 aromatic heterocycles. The maximum atomic E-state index is 10.1. The summed E-state index contributed by atoms with van der Waals surface area (Å²) in [5.41, 5.74) is 0. The fraction of sp³-hybridized carbons (Fsp3) is 1.00. The molecule has 38 valence electrons. The Morgan fingerprint density at radius 1 is 1.83 bits per heavy atom. The summed E-state index contributed by atoms with van der Waals surface area (Å²) in [5, 5.41) is 0. The third kappa shape index (κ3) is 4.48. The van der Waals surface area contributed by atoms with Gasteiger partial charge in [0.2, 0.25) is 0 Å². The minimum absolute atomic E-state index is 1.31. The zero-order valence-electron chi connectivity index (χ0n) is 3.64. The molecule has 2 nitrogen and oxygen atoms in total. The van der Waals surface area contributed by atoms with Crippen molar-refractivity contribution < 1.29 is 9.09 Å². The topological polar surface area (TPSA) is 26.3 Å². The van der Waals surface area contributed by atoms with Crippen LogP contribution in [0.2, 0.25) is 0 Å².